The van der Waals surface area contributed by atoms with E-state index in [1.807, 2.05) is 0 Å². The molecule has 1 amide bonds. The van der Waals surface area contributed by atoms with Crippen molar-refractivity contribution in [2.45, 2.75) is 18.7 Å². The van der Waals surface area contributed by atoms with E-state index in [1.165, 1.54) is 44.2 Å². The summed E-state index contributed by atoms with van der Waals surface area (Å²) < 4.78 is 46.6. The lowest BCUT2D eigenvalue weighted by Crippen LogP contribution is -2.25. The summed E-state index contributed by atoms with van der Waals surface area (Å²) in [6.45, 7) is 3.07. The van der Waals surface area contributed by atoms with Crippen LogP contribution in [0.15, 0.2) is 41.3 Å². The minimum Gasteiger partial charge on any atom is -0.495 e. The molecular formula is C17H19FN2O4S. The molecule has 0 atom stereocenters. The number of halogens is 1. The van der Waals surface area contributed by atoms with Gasteiger partial charge < -0.3 is 9.64 Å². The number of hydrogen-bond donors (Lipinski definition) is 1. The molecule has 0 unspecified atom stereocenters. The van der Waals surface area contributed by atoms with Gasteiger partial charge in [0.1, 0.15) is 16.5 Å². The largest absolute Gasteiger partial charge is 0.495 e. The summed E-state index contributed by atoms with van der Waals surface area (Å²) in [5, 5.41) is 0. The van der Waals surface area contributed by atoms with Gasteiger partial charge in [0.2, 0.25) is 5.91 Å². The summed E-state index contributed by atoms with van der Waals surface area (Å²) in [6, 6.07) is 8.22. The second kappa shape index (κ2) is 7.10. The summed E-state index contributed by atoms with van der Waals surface area (Å²) in [5.41, 5.74) is 0.923. The van der Waals surface area contributed by atoms with E-state index in [4.69, 9.17) is 4.74 Å². The first kappa shape index (κ1) is 18.7. The molecule has 134 valence electrons. The molecule has 0 fully saturated rings. The average Bonchev–Trinajstić information content (AvgIpc) is 2.54. The Kier molecular flexibility index (Phi) is 5.32. The van der Waals surface area contributed by atoms with Crippen LogP contribution in [0.4, 0.5) is 15.8 Å². The molecule has 6 nitrogen and oxygen atoms in total. The molecule has 0 aliphatic rings. The molecule has 1 N–H and O–H groups in total. The Hall–Kier alpha value is -2.61. The number of methoxy groups -OCH3 is 1. The van der Waals surface area contributed by atoms with Gasteiger partial charge in [-0.25, -0.2) is 12.8 Å². The summed E-state index contributed by atoms with van der Waals surface area (Å²) in [7, 11) is -1.22. The van der Waals surface area contributed by atoms with Gasteiger partial charge in [-0.05, 0) is 36.8 Å². The Bertz CT molecular complexity index is 913. The highest BCUT2D eigenvalue weighted by molar-refractivity contribution is 7.92. The quantitative estimate of drug-likeness (QED) is 0.883. The van der Waals surface area contributed by atoms with Crippen LogP contribution in [-0.4, -0.2) is 28.5 Å². The van der Waals surface area contributed by atoms with Crippen molar-refractivity contribution in [3.8, 4) is 5.75 Å². The average molecular weight is 366 g/mol. The van der Waals surface area contributed by atoms with Crippen molar-refractivity contribution in [3.63, 3.8) is 0 Å². The van der Waals surface area contributed by atoms with E-state index >= 15 is 0 Å². The number of carbonyl (C=O) groups is 1. The molecule has 0 spiro atoms. The van der Waals surface area contributed by atoms with Gasteiger partial charge in [0.25, 0.3) is 10.0 Å². The Labute approximate surface area is 146 Å². The number of nitrogens with zero attached hydrogens (tertiary/aromatic N) is 1. The predicted molar refractivity (Wildman–Crippen MR) is 94.0 cm³/mol. The van der Waals surface area contributed by atoms with E-state index < -0.39 is 15.8 Å². The first-order valence-electron chi connectivity index (χ1n) is 7.37. The summed E-state index contributed by atoms with van der Waals surface area (Å²) >= 11 is 0. The number of carbonyl (C=O) groups excluding carboxylic acids is 1. The number of nitrogens with one attached hydrogen (secondary N) is 1. The van der Waals surface area contributed by atoms with Gasteiger partial charge in [-0.2, -0.15) is 0 Å². The maximum atomic E-state index is 13.6. The van der Waals surface area contributed by atoms with Gasteiger partial charge in [-0.15, -0.1) is 0 Å². The highest BCUT2D eigenvalue weighted by atomic mass is 32.2. The summed E-state index contributed by atoms with van der Waals surface area (Å²) in [6.07, 6.45) is 0. The van der Waals surface area contributed by atoms with E-state index in [2.05, 4.69) is 4.72 Å². The fourth-order valence-electron chi connectivity index (χ4n) is 2.25. The van der Waals surface area contributed by atoms with Crippen molar-refractivity contribution in [3.05, 3.63) is 47.8 Å². The fraction of sp³-hybridized carbons (Fsp3) is 0.235. The van der Waals surface area contributed by atoms with Crippen molar-refractivity contribution >= 4 is 27.3 Å². The number of amides is 1. The number of anilines is 2. The third-order valence-electron chi connectivity index (χ3n) is 3.65. The zero-order valence-corrected chi connectivity index (χ0v) is 15.1. The van der Waals surface area contributed by atoms with Crippen molar-refractivity contribution in [1.29, 1.82) is 0 Å². The highest BCUT2D eigenvalue weighted by Crippen LogP contribution is 2.31. The molecule has 2 aromatic carbocycles. The first-order chi connectivity index (χ1) is 11.7. The Balaban J connectivity index is 2.54. The van der Waals surface area contributed by atoms with Crippen LogP contribution < -0.4 is 14.4 Å². The number of hydrogen-bond acceptors (Lipinski definition) is 4. The van der Waals surface area contributed by atoms with Gasteiger partial charge in [0.15, 0.2) is 0 Å². The zero-order valence-electron chi connectivity index (χ0n) is 14.3. The molecule has 0 heterocycles. The highest BCUT2D eigenvalue weighted by Gasteiger charge is 2.23. The van der Waals surface area contributed by atoms with Gasteiger partial charge in [0, 0.05) is 20.0 Å². The van der Waals surface area contributed by atoms with Crippen LogP contribution in [0.3, 0.4) is 0 Å². The topological polar surface area (TPSA) is 75.7 Å². The molecule has 0 aliphatic heterocycles. The van der Waals surface area contributed by atoms with Crippen LogP contribution in [0.2, 0.25) is 0 Å². The van der Waals surface area contributed by atoms with Crippen LogP contribution in [0.25, 0.3) is 0 Å². The third-order valence-corrected chi connectivity index (χ3v) is 5.03. The molecule has 0 saturated heterocycles. The minimum atomic E-state index is -4.06. The van der Waals surface area contributed by atoms with E-state index in [1.54, 1.807) is 13.0 Å². The second-order valence-corrected chi connectivity index (χ2v) is 7.15. The van der Waals surface area contributed by atoms with E-state index in [-0.39, 0.29) is 27.9 Å². The molecule has 2 rings (SSSR count). The van der Waals surface area contributed by atoms with E-state index in [9.17, 15) is 17.6 Å². The van der Waals surface area contributed by atoms with Crippen molar-refractivity contribution in [1.82, 2.24) is 0 Å². The maximum Gasteiger partial charge on any atom is 0.265 e. The van der Waals surface area contributed by atoms with Crippen molar-refractivity contribution < 1.29 is 22.3 Å². The number of ether oxygens (including phenoxy) is 1. The summed E-state index contributed by atoms with van der Waals surface area (Å²) in [5.74, 6) is -0.786. The monoisotopic (exact) mass is 366 g/mol. The number of aryl methyl sites for hydroxylation is 1. The second-order valence-electron chi connectivity index (χ2n) is 5.50. The third kappa shape index (κ3) is 4.08. The smallest absolute Gasteiger partial charge is 0.265 e. The number of benzene rings is 2. The van der Waals surface area contributed by atoms with Gasteiger partial charge in [0.05, 0.1) is 18.5 Å². The number of rotatable bonds is 5. The summed E-state index contributed by atoms with van der Waals surface area (Å²) in [4.78, 5) is 12.8. The molecule has 25 heavy (non-hydrogen) atoms. The standard InChI is InChI=1S/C17H19FN2O4S/c1-11-5-8-16(24-4)17(9-11)25(22,23)19-14-10-13(18)6-7-15(14)20(3)12(2)21/h5-10,19H,1-4H3. The molecular weight excluding hydrogens is 347 g/mol. The SMILES string of the molecule is COc1ccc(C)cc1S(=O)(=O)Nc1cc(F)ccc1N(C)C(C)=O. The number of sulfonamides is 1. The van der Waals surface area contributed by atoms with Crippen LogP contribution >= 0.6 is 0 Å². The maximum absolute atomic E-state index is 13.6. The predicted octanol–water partition coefficient (Wildman–Crippen LogP) is 2.93. The van der Waals surface area contributed by atoms with Crippen LogP contribution in [0.5, 0.6) is 5.75 Å². The zero-order chi connectivity index (χ0) is 18.8. The Morgan fingerprint density at radius 2 is 1.88 bits per heavy atom. The fourth-order valence-corrected chi connectivity index (χ4v) is 3.57. The van der Waals surface area contributed by atoms with Gasteiger partial charge >= 0.3 is 0 Å². The first-order valence-corrected chi connectivity index (χ1v) is 8.85. The molecule has 0 aromatic heterocycles. The molecule has 8 heteroatoms. The van der Waals surface area contributed by atoms with Crippen molar-refractivity contribution in [2.24, 2.45) is 0 Å². The molecule has 0 aliphatic carbocycles. The Morgan fingerprint density at radius 3 is 2.48 bits per heavy atom. The molecule has 2 aromatic rings. The van der Waals surface area contributed by atoms with Crippen molar-refractivity contribution in [2.75, 3.05) is 23.8 Å². The molecule has 0 bridgehead atoms. The molecule has 0 radical (unpaired) electrons. The van der Waals surface area contributed by atoms with E-state index in [0.717, 1.165) is 17.7 Å². The van der Waals surface area contributed by atoms with E-state index in [0.29, 0.717) is 0 Å². The lowest BCUT2D eigenvalue weighted by Gasteiger charge is -2.20. The van der Waals surface area contributed by atoms with Crippen LogP contribution in [0, 0.1) is 12.7 Å². The molecule has 0 saturated carbocycles. The van der Waals surface area contributed by atoms with Gasteiger partial charge in [-0.3, -0.25) is 9.52 Å². The van der Waals surface area contributed by atoms with Crippen LogP contribution in [0.1, 0.15) is 12.5 Å². The minimum absolute atomic E-state index is 0.0405. The van der Waals surface area contributed by atoms with Gasteiger partial charge in [-0.1, -0.05) is 6.07 Å². The Morgan fingerprint density at radius 1 is 1.20 bits per heavy atom. The lowest BCUT2D eigenvalue weighted by molar-refractivity contribution is -0.116. The van der Waals surface area contributed by atoms with Crippen LogP contribution in [-0.2, 0) is 14.8 Å². The normalized spacial score (nSPS) is 11.1. The lowest BCUT2D eigenvalue weighted by atomic mass is 10.2.